The Morgan fingerprint density at radius 1 is 0.881 bits per heavy atom. The van der Waals surface area contributed by atoms with Gasteiger partial charge in [0.15, 0.2) is 5.96 Å². The topological polar surface area (TPSA) is 231 Å². The number of para-hydroxylation sites is 1. The van der Waals surface area contributed by atoms with Crippen LogP contribution in [0.2, 0.25) is 0 Å². The molecular weight excluding hydrogens is 540 g/mol. The van der Waals surface area contributed by atoms with E-state index < -0.39 is 47.9 Å². The van der Waals surface area contributed by atoms with Crippen molar-refractivity contribution in [2.45, 2.75) is 56.8 Å². The molecule has 13 heteroatoms. The monoisotopic (exact) mass is 578 g/mol. The highest BCUT2D eigenvalue weighted by atomic mass is 16.4. The molecule has 1 aromatic heterocycles. The predicted molar refractivity (Wildman–Crippen MR) is 159 cm³/mol. The molecule has 0 radical (unpaired) electrons. The van der Waals surface area contributed by atoms with Crippen LogP contribution in [-0.2, 0) is 32.0 Å². The number of hydrogen-bond donors (Lipinski definition) is 8. The number of aromatic amines is 1. The largest absolute Gasteiger partial charge is 0.480 e. The summed E-state index contributed by atoms with van der Waals surface area (Å²) in [7, 11) is 0. The molecule has 0 saturated carbocycles. The van der Waals surface area contributed by atoms with Crippen molar-refractivity contribution < 1.29 is 24.3 Å². The molecule has 3 amide bonds. The van der Waals surface area contributed by atoms with E-state index in [-0.39, 0.29) is 31.8 Å². The van der Waals surface area contributed by atoms with Gasteiger partial charge in [0.2, 0.25) is 17.7 Å². The number of fused-ring (bicyclic) bond motifs is 1. The minimum atomic E-state index is -1.22. The van der Waals surface area contributed by atoms with Crippen LogP contribution < -0.4 is 33.2 Å². The van der Waals surface area contributed by atoms with Gasteiger partial charge in [-0.15, -0.1) is 0 Å². The second kappa shape index (κ2) is 15.2. The van der Waals surface area contributed by atoms with Crippen LogP contribution in [0.1, 0.15) is 30.9 Å². The van der Waals surface area contributed by atoms with Crippen LogP contribution in [0, 0.1) is 0 Å². The summed E-state index contributed by atoms with van der Waals surface area (Å²) in [5.41, 5.74) is 19.6. The molecule has 0 fully saturated rings. The zero-order valence-corrected chi connectivity index (χ0v) is 23.4. The van der Waals surface area contributed by atoms with E-state index in [0.29, 0.717) is 6.42 Å². The van der Waals surface area contributed by atoms with Crippen molar-refractivity contribution in [3.05, 3.63) is 71.9 Å². The summed E-state index contributed by atoms with van der Waals surface area (Å²) in [5.74, 6) is -3.18. The molecule has 3 rings (SSSR count). The molecule has 0 spiro atoms. The van der Waals surface area contributed by atoms with Crippen molar-refractivity contribution in [1.29, 1.82) is 0 Å². The Labute approximate surface area is 243 Å². The molecule has 0 aliphatic heterocycles. The molecule has 0 aliphatic rings. The van der Waals surface area contributed by atoms with Crippen molar-refractivity contribution >= 4 is 40.6 Å². The van der Waals surface area contributed by atoms with Crippen LogP contribution in [0.5, 0.6) is 0 Å². The number of H-pyrrole nitrogens is 1. The van der Waals surface area contributed by atoms with E-state index in [4.69, 9.17) is 17.2 Å². The van der Waals surface area contributed by atoms with Crippen LogP contribution in [0.4, 0.5) is 0 Å². The number of amides is 3. The van der Waals surface area contributed by atoms with Crippen molar-refractivity contribution in [2.24, 2.45) is 22.2 Å². The third kappa shape index (κ3) is 9.34. The summed E-state index contributed by atoms with van der Waals surface area (Å²) in [5, 5.41) is 18.0. The number of nitrogens with zero attached hydrogens (tertiary/aromatic N) is 1. The summed E-state index contributed by atoms with van der Waals surface area (Å²) in [6.07, 6.45) is 2.62. The molecular formula is C29H38N8O5. The molecule has 11 N–H and O–H groups in total. The van der Waals surface area contributed by atoms with E-state index in [0.717, 1.165) is 22.0 Å². The average Bonchev–Trinajstić information content (AvgIpc) is 3.36. The Morgan fingerprint density at radius 3 is 2.21 bits per heavy atom. The number of aliphatic imine (C=N–C) groups is 1. The maximum Gasteiger partial charge on any atom is 0.325 e. The van der Waals surface area contributed by atoms with Gasteiger partial charge in [-0.1, -0.05) is 48.5 Å². The first-order chi connectivity index (χ1) is 20.0. The lowest BCUT2D eigenvalue weighted by Gasteiger charge is -2.25. The summed E-state index contributed by atoms with van der Waals surface area (Å²) >= 11 is 0. The Bertz CT molecular complexity index is 1400. The maximum atomic E-state index is 13.5. The third-order valence-electron chi connectivity index (χ3n) is 6.67. The van der Waals surface area contributed by atoms with Crippen LogP contribution >= 0.6 is 0 Å². The van der Waals surface area contributed by atoms with E-state index >= 15 is 0 Å². The van der Waals surface area contributed by atoms with Gasteiger partial charge in [-0.05, 0) is 43.4 Å². The molecule has 4 atom stereocenters. The third-order valence-corrected chi connectivity index (χ3v) is 6.67. The molecule has 4 unspecified atom stereocenters. The highest BCUT2D eigenvalue weighted by Gasteiger charge is 2.29. The van der Waals surface area contributed by atoms with E-state index in [2.05, 4.69) is 25.9 Å². The lowest BCUT2D eigenvalue weighted by Crippen LogP contribution is -2.57. The Kier molecular flexibility index (Phi) is 11.4. The van der Waals surface area contributed by atoms with Gasteiger partial charge in [0.1, 0.15) is 18.1 Å². The fourth-order valence-corrected chi connectivity index (χ4v) is 4.39. The Hall–Kier alpha value is -4.91. The number of carbonyl (C=O) groups is 4. The van der Waals surface area contributed by atoms with Crippen LogP contribution in [-0.4, -0.2) is 70.5 Å². The normalized spacial score (nSPS) is 13.8. The number of carbonyl (C=O) groups excluding carboxylic acids is 3. The van der Waals surface area contributed by atoms with E-state index in [9.17, 15) is 24.3 Å². The summed E-state index contributed by atoms with van der Waals surface area (Å²) in [4.78, 5) is 58.1. The van der Waals surface area contributed by atoms with E-state index in [1.165, 1.54) is 6.92 Å². The van der Waals surface area contributed by atoms with Crippen molar-refractivity contribution in [2.75, 3.05) is 6.54 Å². The number of guanidine groups is 1. The van der Waals surface area contributed by atoms with Crippen LogP contribution in [0.25, 0.3) is 10.9 Å². The number of carboxylic acids is 1. The van der Waals surface area contributed by atoms with Gasteiger partial charge in [-0.3, -0.25) is 24.2 Å². The van der Waals surface area contributed by atoms with Crippen molar-refractivity contribution in [1.82, 2.24) is 20.9 Å². The first kappa shape index (κ1) is 31.6. The molecule has 3 aromatic rings. The minimum absolute atomic E-state index is 0.0967. The molecule has 224 valence electrons. The van der Waals surface area contributed by atoms with Gasteiger partial charge in [-0.2, -0.15) is 0 Å². The Morgan fingerprint density at radius 2 is 1.52 bits per heavy atom. The SMILES string of the molecule is CC(NC(=O)C(Cc1ccccc1)NC(=O)C(CCCN=C(N)N)NC(=O)C(N)Cc1c[nH]c2ccccc12)C(=O)O. The first-order valence-electron chi connectivity index (χ1n) is 13.6. The fraction of sp³-hybridized carbons (Fsp3) is 0.345. The van der Waals surface area contributed by atoms with Gasteiger partial charge in [-0.25, -0.2) is 0 Å². The highest BCUT2D eigenvalue weighted by molar-refractivity contribution is 5.94. The number of benzene rings is 2. The van der Waals surface area contributed by atoms with Gasteiger partial charge in [0.05, 0.1) is 6.04 Å². The molecule has 2 aromatic carbocycles. The van der Waals surface area contributed by atoms with E-state index in [1.807, 2.05) is 30.3 Å². The molecule has 0 saturated heterocycles. The average molecular weight is 579 g/mol. The number of hydrogen-bond acceptors (Lipinski definition) is 6. The van der Waals surface area contributed by atoms with Crippen molar-refractivity contribution in [3.8, 4) is 0 Å². The molecule has 0 aliphatic carbocycles. The van der Waals surface area contributed by atoms with Gasteiger partial charge in [0.25, 0.3) is 0 Å². The maximum absolute atomic E-state index is 13.5. The Balaban J connectivity index is 1.76. The van der Waals surface area contributed by atoms with Gasteiger partial charge < -0.3 is 43.2 Å². The number of carboxylic acid groups (broad SMARTS) is 1. The smallest absolute Gasteiger partial charge is 0.325 e. The number of nitrogens with two attached hydrogens (primary N) is 3. The number of nitrogens with one attached hydrogen (secondary N) is 4. The summed E-state index contributed by atoms with van der Waals surface area (Å²) in [6.45, 7) is 1.54. The summed E-state index contributed by atoms with van der Waals surface area (Å²) < 4.78 is 0. The molecule has 1 heterocycles. The van der Waals surface area contributed by atoms with Gasteiger partial charge >= 0.3 is 5.97 Å². The van der Waals surface area contributed by atoms with Crippen LogP contribution in [0.15, 0.2) is 65.8 Å². The number of aromatic nitrogens is 1. The number of aliphatic carboxylic acids is 1. The quantitative estimate of drug-likeness (QED) is 0.0687. The van der Waals surface area contributed by atoms with E-state index in [1.54, 1.807) is 30.5 Å². The van der Waals surface area contributed by atoms with Crippen molar-refractivity contribution in [3.63, 3.8) is 0 Å². The standard InChI is InChI=1S/C29H38N8O5/c1-17(28(41)42)35-27(40)24(14-18-8-3-2-4-9-18)37-26(39)23(12-7-13-33-29(31)32)36-25(38)21(30)15-19-16-34-22-11-6-5-10-20(19)22/h2-6,8-11,16-17,21,23-24,34H,7,12-15,30H2,1H3,(H,35,40)(H,36,38)(H,37,39)(H,41,42)(H4,31,32,33). The van der Waals surface area contributed by atoms with Crippen LogP contribution in [0.3, 0.4) is 0 Å². The second-order valence-electron chi connectivity index (χ2n) is 10.00. The number of rotatable bonds is 15. The molecule has 13 nitrogen and oxygen atoms in total. The zero-order chi connectivity index (χ0) is 30.6. The molecule has 42 heavy (non-hydrogen) atoms. The zero-order valence-electron chi connectivity index (χ0n) is 23.4. The lowest BCUT2D eigenvalue weighted by atomic mass is 10.0. The lowest BCUT2D eigenvalue weighted by molar-refractivity contribution is -0.141. The molecule has 0 bridgehead atoms. The minimum Gasteiger partial charge on any atom is -0.480 e. The predicted octanol–water partition coefficient (Wildman–Crippen LogP) is -0.107. The van der Waals surface area contributed by atoms with Gasteiger partial charge in [0, 0.05) is 30.1 Å². The fourth-order valence-electron chi connectivity index (χ4n) is 4.39. The first-order valence-corrected chi connectivity index (χ1v) is 13.6. The highest BCUT2D eigenvalue weighted by Crippen LogP contribution is 2.19. The second-order valence-corrected chi connectivity index (χ2v) is 10.00. The summed E-state index contributed by atoms with van der Waals surface area (Å²) in [6, 6.07) is 12.3.